The molecule has 0 saturated heterocycles. The third kappa shape index (κ3) is 6.95. The molecule has 4 aromatic carbocycles. The fraction of sp³-hybridized carbons (Fsp3) is 0.200. The molecule has 0 atom stereocenters. The Morgan fingerprint density at radius 1 is 1.09 bits per heavy atom. The molecule has 0 radical (unpaired) electrons. The van der Waals surface area contributed by atoms with Crippen molar-refractivity contribution in [3.63, 3.8) is 0 Å². The summed E-state index contributed by atoms with van der Waals surface area (Å²) in [5.41, 5.74) is 4.37. The number of para-hydroxylation sites is 1. The average molecular weight is 689 g/mol. The first-order valence-electron chi connectivity index (χ1n) is 14.3. The Morgan fingerprint density at radius 3 is 2.51 bits per heavy atom. The summed E-state index contributed by atoms with van der Waals surface area (Å²) >= 11 is 9.95. The number of fused-ring (bicyclic) bond motifs is 1. The molecule has 0 bridgehead atoms. The summed E-state index contributed by atoms with van der Waals surface area (Å²) in [4.78, 5) is 30.1. The highest BCUT2D eigenvalue weighted by Crippen LogP contribution is 2.35. The summed E-state index contributed by atoms with van der Waals surface area (Å²) in [5.74, 6) is 0.807. The van der Waals surface area contributed by atoms with Gasteiger partial charge in [0.05, 0.1) is 33.8 Å². The van der Waals surface area contributed by atoms with E-state index in [1.54, 1.807) is 36.4 Å². The van der Waals surface area contributed by atoms with Crippen LogP contribution in [-0.4, -0.2) is 33.6 Å². The average Bonchev–Trinajstić information content (AvgIpc) is 3.00. The van der Waals surface area contributed by atoms with Gasteiger partial charge in [0.2, 0.25) is 0 Å². The van der Waals surface area contributed by atoms with Gasteiger partial charge < -0.3 is 14.6 Å². The Morgan fingerprint density at radius 2 is 1.82 bits per heavy atom. The monoisotopic (exact) mass is 687 g/mol. The zero-order chi connectivity index (χ0) is 32.2. The third-order valence-electron chi connectivity index (χ3n) is 7.21. The number of aryl methyl sites for hydroxylation is 1. The standard InChI is InChI=1S/C35H31BrClN3O5/c1-5-44-31-14-21(4)28(17-27(31)20(2)3)33-39-30-9-7-6-8-26(30)34(41)40(33)38-18-24-15-25(37)16-29(36)32(24)45-19-22-10-12-23(13-11-22)35(42)43/h6-18,20H,5,19H2,1-4H3,(H,42,43). The van der Waals surface area contributed by atoms with Gasteiger partial charge in [0.1, 0.15) is 18.1 Å². The lowest BCUT2D eigenvalue weighted by Crippen LogP contribution is -2.21. The van der Waals surface area contributed by atoms with Crippen LogP contribution >= 0.6 is 27.5 Å². The molecular formula is C35H31BrClN3O5. The highest BCUT2D eigenvalue weighted by molar-refractivity contribution is 9.10. The molecule has 0 spiro atoms. The molecule has 0 aliphatic heterocycles. The molecule has 8 nitrogen and oxygen atoms in total. The predicted octanol–water partition coefficient (Wildman–Crippen LogP) is 8.47. The lowest BCUT2D eigenvalue weighted by molar-refractivity contribution is 0.0697. The van der Waals surface area contributed by atoms with Crippen molar-refractivity contribution in [1.29, 1.82) is 0 Å². The van der Waals surface area contributed by atoms with Crippen molar-refractivity contribution in [2.75, 3.05) is 6.61 Å². The van der Waals surface area contributed by atoms with Gasteiger partial charge in [-0.3, -0.25) is 4.79 Å². The second-order valence-electron chi connectivity index (χ2n) is 10.7. The van der Waals surface area contributed by atoms with Crippen LogP contribution in [0.25, 0.3) is 22.3 Å². The Labute approximate surface area is 274 Å². The molecule has 1 heterocycles. The van der Waals surface area contributed by atoms with Crippen LogP contribution < -0.4 is 15.0 Å². The van der Waals surface area contributed by atoms with E-state index in [2.05, 4.69) is 34.9 Å². The van der Waals surface area contributed by atoms with E-state index < -0.39 is 5.97 Å². The Kier molecular flexibility index (Phi) is 9.70. The van der Waals surface area contributed by atoms with Crippen LogP contribution in [0.3, 0.4) is 0 Å². The molecule has 0 unspecified atom stereocenters. The minimum Gasteiger partial charge on any atom is -0.494 e. The molecule has 45 heavy (non-hydrogen) atoms. The molecule has 5 aromatic rings. The molecule has 0 fully saturated rings. The second-order valence-corrected chi connectivity index (χ2v) is 12.0. The number of carboxylic acids is 1. The van der Waals surface area contributed by atoms with Gasteiger partial charge in [-0.2, -0.15) is 9.78 Å². The fourth-order valence-electron chi connectivity index (χ4n) is 4.92. The number of benzene rings is 4. The van der Waals surface area contributed by atoms with Crippen LogP contribution in [0.4, 0.5) is 0 Å². The van der Waals surface area contributed by atoms with E-state index in [1.165, 1.54) is 23.0 Å². The Balaban J connectivity index is 1.62. The summed E-state index contributed by atoms with van der Waals surface area (Å²) in [6.07, 6.45) is 1.52. The molecule has 0 aliphatic rings. The number of hydrogen-bond acceptors (Lipinski definition) is 6. The zero-order valence-corrected chi connectivity index (χ0v) is 27.5. The van der Waals surface area contributed by atoms with Crippen molar-refractivity contribution in [3.05, 3.63) is 120 Å². The summed E-state index contributed by atoms with van der Waals surface area (Å²) in [7, 11) is 0. The summed E-state index contributed by atoms with van der Waals surface area (Å²) in [6, 6.07) is 21.0. The van der Waals surface area contributed by atoms with Crippen molar-refractivity contribution in [3.8, 4) is 22.9 Å². The Hall–Kier alpha value is -4.47. The van der Waals surface area contributed by atoms with Gasteiger partial charge in [0.15, 0.2) is 5.82 Å². The number of nitrogens with zero attached hydrogens (tertiary/aromatic N) is 3. The number of carbonyl (C=O) groups is 1. The normalized spacial score (nSPS) is 11.4. The minimum atomic E-state index is -1.000. The number of aromatic carboxylic acids is 1. The third-order valence-corrected chi connectivity index (χ3v) is 8.01. The SMILES string of the molecule is CCOc1cc(C)c(-c2nc3ccccc3c(=O)n2N=Cc2cc(Cl)cc(Br)c2OCc2ccc(C(=O)O)cc2)cc1C(C)C. The molecule has 230 valence electrons. The highest BCUT2D eigenvalue weighted by atomic mass is 79.9. The summed E-state index contributed by atoms with van der Waals surface area (Å²) in [5, 5.41) is 14.7. The van der Waals surface area contributed by atoms with Crippen LogP contribution in [0.5, 0.6) is 11.5 Å². The molecule has 0 saturated carbocycles. The molecular weight excluding hydrogens is 658 g/mol. The molecule has 0 aliphatic carbocycles. The smallest absolute Gasteiger partial charge is 0.335 e. The highest BCUT2D eigenvalue weighted by Gasteiger charge is 2.19. The van der Waals surface area contributed by atoms with Crippen molar-refractivity contribution in [1.82, 2.24) is 9.66 Å². The quantitative estimate of drug-likeness (QED) is 0.148. The van der Waals surface area contributed by atoms with E-state index in [0.29, 0.717) is 44.1 Å². The van der Waals surface area contributed by atoms with E-state index in [1.807, 2.05) is 38.1 Å². The van der Waals surface area contributed by atoms with Gasteiger partial charge >= 0.3 is 5.97 Å². The van der Waals surface area contributed by atoms with Gasteiger partial charge in [-0.25, -0.2) is 9.78 Å². The lowest BCUT2D eigenvalue weighted by atomic mass is 9.96. The largest absolute Gasteiger partial charge is 0.494 e. The van der Waals surface area contributed by atoms with Crippen LogP contribution in [-0.2, 0) is 6.61 Å². The predicted molar refractivity (Wildman–Crippen MR) is 181 cm³/mol. The maximum Gasteiger partial charge on any atom is 0.335 e. The zero-order valence-electron chi connectivity index (χ0n) is 25.2. The number of carboxylic acid groups (broad SMARTS) is 1. The molecule has 1 aromatic heterocycles. The van der Waals surface area contributed by atoms with Crippen molar-refractivity contribution in [2.24, 2.45) is 5.10 Å². The van der Waals surface area contributed by atoms with Gasteiger partial charge in [-0.15, -0.1) is 0 Å². The van der Waals surface area contributed by atoms with Crippen molar-refractivity contribution in [2.45, 2.75) is 40.2 Å². The van der Waals surface area contributed by atoms with Gasteiger partial charge in [-0.1, -0.05) is 49.7 Å². The van der Waals surface area contributed by atoms with E-state index in [4.69, 9.17) is 26.1 Å². The summed E-state index contributed by atoms with van der Waals surface area (Å²) < 4.78 is 14.0. The van der Waals surface area contributed by atoms with E-state index >= 15 is 0 Å². The number of hydrogen-bond donors (Lipinski definition) is 1. The van der Waals surface area contributed by atoms with Crippen molar-refractivity contribution >= 4 is 50.6 Å². The first-order chi connectivity index (χ1) is 21.6. The minimum absolute atomic E-state index is 0.160. The van der Waals surface area contributed by atoms with E-state index in [-0.39, 0.29) is 23.6 Å². The van der Waals surface area contributed by atoms with Crippen LogP contribution in [0.15, 0.2) is 87.2 Å². The number of aromatic nitrogens is 2. The first-order valence-corrected chi connectivity index (χ1v) is 15.5. The van der Waals surface area contributed by atoms with Crippen molar-refractivity contribution < 1.29 is 19.4 Å². The van der Waals surface area contributed by atoms with Crippen LogP contribution in [0, 0.1) is 6.92 Å². The maximum absolute atomic E-state index is 13.9. The molecule has 1 N–H and O–H groups in total. The number of halogens is 2. The lowest BCUT2D eigenvalue weighted by Gasteiger charge is -2.18. The van der Waals surface area contributed by atoms with Gasteiger partial charge in [-0.05, 0) is 101 Å². The topological polar surface area (TPSA) is 103 Å². The number of ether oxygens (including phenoxy) is 2. The number of rotatable bonds is 10. The van der Waals surface area contributed by atoms with E-state index in [9.17, 15) is 14.7 Å². The second kappa shape index (κ2) is 13.7. The molecule has 0 amide bonds. The van der Waals surface area contributed by atoms with E-state index in [0.717, 1.165) is 28.0 Å². The van der Waals surface area contributed by atoms with Crippen LogP contribution in [0.2, 0.25) is 5.02 Å². The molecule has 5 rings (SSSR count). The maximum atomic E-state index is 13.9. The Bertz CT molecular complexity index is 1990. The van der Waals surface area contributed by atoms with Gasteiger partial charge in [0.25, 0.3) is 5.56 Å². The first kappa shape index (κ1) is 31.9. The fourth-order valence-corrected chi connectivity index (χ4v) is 5.87. The van der Waals surface area contributed by atoms with Crippen LogP contribution in [0.1, 0.15) is 59.3 Å². The summed E-state index contributed by atoms with van der Waals surface area (Å²) in [6.45, 7) is 8.79. The molecule has 10 heteroatoms. The van der Waals surface area contributed by atoms with Gasteiger partial charge in [0, 0.05) is 16.1 Å².